The van der Waals surface area contributed by atoms with Gasteiger partial charge in [-0.05, 0) is 51.7 Å². The van der Waals surface area contributed by atoms with E-state index in [2.05, 4.69) is 4.90 Å². The molecule has 0 fully saturated rings. The minimum atomic E-state index is -0.0518. The molecule has 0 saturated heterocycles. The third kappa shape index (κ3) is 4.04. The number of hydrogen-bond acceptors (Lipinski definition) is 3. The van der Waals surface area contributed by atoms with Gasteiger partial charge in [-0.1, -0.05) is 6.07 Å². The highest BCUT2D eigenvalue weighted by atomic mass is 16.3. The Balaban J connectivity index is 2.60. The molecule has 1 aromatic carbocycles. The zero-order valence-corrected chi connectivity index (χ0v) is 11.6. The van der Waals surface area contributed by atoms with Gasteiger partial charge in [-0.2, -0.15) is 0 Å². The van der Waals surface area contributed by atoms with E-state index in [4.69, 9.17) is 0 Å². The molecule has 0 aliphatic rings. The predicted molar refractivity (Wildman–Crippen MR) is 73.0 cm³/mol. The van der Waals surface area contributed by atoms with Gasteiger partial charge in [0.15, 0.2) is 0 Å². The van der Waals surface area contributed by atoms with Crippen LogP contribution in [0.25, 0.3) is 0 Å². The molecule has 1 amide bonds. The van der Waals surface area contributed by atoms with E-state index >= 15 is 0 Å². The molecular weight excluding hydrogens is 228 g/mol. The zero-order chi connectivity index (χ0) is 13.7. The summed E-state index contributed by atoms with van der Waals surface area (Å²) in [6.45, 7) is 3.48. The van der Waals surface area contributed by atoms with Gasteiger partial charge in [0.2, 0.25) is 0 Å². The standard InChI is InChI=1S/C14H22N2O2/c1-11-6-7-12(10-13(11)17)14(18)16(4)9-5-8-15(2)3/h6-7,10,17H,5,8-9H2,1-4H3. The molecule has 100 valence electrons. The van der Waals surface area contributed by atoms with Gasteiger partial charge >= 0.3 is 0 Å². The Morgan fingerprint density at radius 3 is 2.44 bits per heavy atom. The zero-order valence-electron chi connectivity index (χ0n) is 11.6. The van der Waals surface area contributed by atoms with E-state index in [1.54, 1.807) is 24.1 Å². The smallest absolute Gasteiger partial charge is 0.253 e. The van der Waals surface area contributed by atoms with Crippen LogP contribution in [0, 0.1) is 6.92 Å². The number of benzene rings is 1. The van der Waals surface area contributed by atoms with Crippen molar-refractivity contribution in [2.75, 3.05) is 34.2 Å². The van der Waals surface area contributed by atoms with Crippen molar-refractivity contribution in [3.8, 4) is 5.75 Å². The first kappa shape index (κ1) is 14.5. The summed E-state index contributed by atoms with van der Waals surface area (Å²) in [6, 6.07) is 5.04. The third-order valence-electron chi connectivity index (χ3n) is 2.90. The fraction of sp³-hybridized carbons (Fsp3) is 0.500. The van der Waals surface area contributed by atoms with Crippen molar-refractivity contribution in [2.45, 2.75) is 13.3 Å². The minimum absolute atomic E-state index is 0.0518. The van der Waals surface area contributed by atoms with Gasteiger partial charge in [0.25, 0.3) is 5.91 Å². The van der Waals surface area contributed by atoms with Crippen LogP contribution in [-0.4, -0.2) is 55.0 Å². The molecule has 0 bridgehead atoms. The van der Waals surface area contributed by atoms with Crippen LogP contribution in [0.15, 0.2) is 18.2 Å². The van der Waals surface area contributed by atoms with Gasteiger partial charge in [-0.25, -0.2) is 0 Å². The molecule has 1 aromatic rings. The molecule has 0 aromatic heterocycles. The fourth-order valence-electron chi connectivity index (χ4n) is 1.69. The molecule has 1 rings (SSSR count). The van der Waals surface area contributed by atoms with Gasteiger partial charge in [0.1, 0.15) is 5.75 Å². The molecule has 0 aliphatic heterocycles. The summed E-state index contributed by atoms with van der Waals surface area (Å²) in [4.78, 5) is 15.9. The summed E-state index contributed by atoms with van der Waals surface area (Å²) in [5.74, 6) is 0.117. The van der Waals surface area contributed by atoms with Gasteiger partial charge < -0.3 is 14.9 Å². The number of aryl methyl sites for hydroxylation is 1. The molecular formula is C14H22N2O2. The third-order valence-corrected chi connectivity index (χ3v) is 2.90. The van der Waals surface area contributed by atoms with Crippen molar-refractivity contribution < 1.29 is 9.90 Å². The summed E-state index contributed by atoms with van der Waals surface area (Å²) in [6.07, 6.45) is 0.938. The Morgan fingerprint density at radius 2 is 1.89 bits per heavy atom. The lowest BCUT2D eigenvalue weighted by atomic mass is 10.1. The number of carbonyl (C=O) groups excluding carboxylic acids is 1. The molecule has 0 spiro atoms. The Labute approximate surface area is 109 Å². The maximum Gasteiger partial charge on any atom is 0.253 e. The van der Waals surface area contributed by atoms with Gasteiger partial charge in [-0.3, -0.25) is 4.79 Å². The van der Waals surface area contributed by atoms with Crippen LogP contribution in [0.2, 0.25) is 0 Å². The number of rotatable bonds is 5. The number of phenols is 1. The fourth-order valence-corrected chi connectivity index (χ4v) is 1.69. The average Bonchev–Trinajstić information content (AvgIpc) is 2.31. The van der Waals surface area contributed by atoms with Gasteiger partial charge in [0, 0.05) is 19.2 Å². The van der Waals surface area contributed by atoms with E-state index in [0.717, 1.165) is 18.5 Å². The summed E-state index contributed by atoms with van der Waals surface area (Å²) in [5, 5.41) is 9.60. The van der Waals surface area contributed by atoms with Crippen molar-refractivity contribution in [3.05, 3.63) is 29.3 Å². The Kier molecular flexibility index (Phi) is 5.16. The van der Waals surface area contributed by atoms with Crippen molar-refractivity contribution in [1.29, 1.82) is 0 Å². The number of aromatic hydroxyl groups is 1. The molecule has 18 heavy (non-hydrogen) atoms. The SMILES string of the molecule is Cc1ccc(C(=O)N(C)CCCN(C)C)cc1O. The van der Waals surface area contributed by atoms with Crippen LogP contribution in [0.1, 0.15) is 22.3 Å². The normalized spacial score (nSPS) is 10.7. The predicted octanol–water partition coefficient (Wildman–Crippen LogP) is 1.72. The highest BCUT2D eigenvalue weighted by Gasteiger charge is 2.12. The van der Waals surface area contributed by atoms with Gasteiger partial charge in [0.05, 0.1) is 0 Å². The molecule has 0 heterocycles. The lowest BCUT2D eigenvalue weighted by Crippen LogP contribution is -2.29. The molecule has 0 unspecified atom stereocenters. The molecule has 0 aliphatic carbocycles. The second-order valence-electron chi connectivity index (χ2n) is 4.88. The Bertz CT molecular complexity index is 416. The van der Waals surface area contributed by atoms with Crippen molar-refractivity contribution >= 4 is 5.91 Å². The molecule has 4 nitrogen and oxygen atoms in total. The second-order valence-corrected chi connectivity index (χ2v) is 4.88. The summed E-state index contributed by atoms with van der Waals surface area (Å²) < 4.78 is 0. The quantitative estimate of drug-likeness (QED) is 0.865. The number of amides is 1. The molecule has 0 radical (unpaired) electrons. The molecule has 1 N–H and O–H groups in total. The average molecular weight is 250 g/mol. The van der Waals surface area contributed by atoms with E-state index in [9.17, 15) is 9.90 Å². The van der Waals surface area contributed by atoms with E-state index in [-0.39, 0.29) is 11.7 Å². The highest BCUT2D eigenvalue weighted by molar-refractivity contribution is 5.94. The van der Waals surface area contributed by atoms with E-state index in [0.29, 0.717) is 12.1 Å². The van der Waals surface area contributed by atoms with Crippen LogP contribution in [0.3, 0.4) is 0 Å². The number of phenolic OH excluding ortho intramolecular Hbond substituents is 1. The molecule has 0 saturated carbocycles. The first-order valence-electron chi connectivity index (χ1n) is 6.11. The van der Waals surface area contributed by atoms with Gasteiger partial charge in [-0.15, -0.1) is 0 Å². The largest absolute Gasteiger partial charge is 0.508 e. The maximum atomic E-state index is 12.1. The minimum Gasteiger partial charge on any atom is -0.508 e. The Morgan fingerprint density at radius 1 is 1.22 bits per heavy atom. The summed E-state index contributed by atoms with van der Waals surface area (Å²) >= 11 is 0. The van der Waals surface area contributed by atoms with Crippen LogP contribution in [0.5, 0.6) is 5.75 Å². The second kappa shape index (κ2) is 6.40. The lowest BCUT2D eigenvalue weighted by molar-refractivity contribution is 0.0790. The maximum absolute atomic E-state index is 12.1. The number of carbonyl (C=O) groups is 1. The van der Waals surface area contributed by atoms with Crippen molar-refractivity contribution in [3.63, 3.8) is 0 Å². The highest BCUT2D eigenvalue weighted by Crippen LogP contribution is 2.18. The first-order valence-corrected chi connectivity index (χ1v) is 6.11. The van der Waals surface area contributed by atoms with Crippen LogP contribution < -0.4 is 0 Å². The summed E-state index contributed by atoms with van der Waals surface area (Å²) in [5.41, 5.74) is 1.31. The van der Waals surface area contributed by atoms with E-state index in [1.165, 1.54) is 6.07 Å². The number of hydrogen-bond donors (Lipinski definition) is 1. The Hall–Kier alpha value is -1.55. The van der Waals surface area contributed by atoms with E-state index < -0.39 is 0 Å². The summed E-state index contributed by atoms with van der Waals surface area (Å²) in [7, 11) is 5.81. The molecule has 0 atom stereocenters. The lowest BCUT2D eigenvalue weighted by Gasteiger charge is -2.18. The number of nitrogens with zero attached hydrogens (tertiary/aromatic N) is 2. The van der Waals surface area contributed by atoms with Crippen molar-refractivity contribution in [2.24, 2.45) is 0 Å². The van der Waals surface area contributed by atoms with Crippen molar-refractivity contribution in [1.82, 2.24) is 9.80 Å². The van der Waals surface area contributed by atoms with Crippen LogP contribution in [0.4, 0.5) is 0 Å². The van der Waals surface area contributed by atoms with E-state index in [1.807, 2.05) is 21.0 Å². The van der Waals surface area contributed by atoms with Crippen LogP contribution >= 0.6 is 0 Å². The topological polar surface area (TPSA) is 43.8 Å². The van der Waals surface area contributed by atoms with Crippen LogP contribution in [-0.2, 0) is 0 Å². The first-order chi connectivity index (χ1) is 8.41. The monoisotopic (exact) mass is 250 g/mol. The molecule has 4 heteroatoms.